The maximum absolute atomic E-state index is 10.9. The summed E-state index contributed by atoms with van der Waals surface area (Å²) < 4.78 is 0. The fourth-order valence-electron chi connectivity index (χ4n) is 2.15. The van der Waals surface area contributed by atoms with Gasteiger partial charge in [0.2, 0.25) is 5.82 Å². The number of aromatic nitrogens is 2. The van der Waals surface area contributed by atoms with E-state index < -0.39 is 5.97 Å². The second kappa shape index (κ2) is 4.55. The summed E-state index contributed by atoms with van der Waals surface area (Å²) in [4.78, 5) is 21.1. The van der Waals surface area contributed by atoms with E-state index >= 15 is 0 Å². The van der Waals surface area contributed by atoms with E-state index in [1.165, 1.54) is 0 Å². The van der Waals surface area contributed by atoms with Gasteiger partial charge in [-0.3, -0.25) is 0 Å². The Bertz CT molecular complexity index is 461. The van der Waals surface area contributed by atoms with E-state index in [1.807, 2.05) is 6.07 Å². The highest BCUT2D eigenvalue weighted by atomic mass is 16.4. The van der Waals surface area contributed by atoms with Crippen LogP contribution in [0.5, 0.6) is 0 Å². The quantitative estimate of drug-likeness (QED) is 0.869. The molecule has 1 aromatic heterocycles. The van der Waals surface area contributed by atoms with Gasteiger partial charge in [-0.25, -0.2) is 14.8 Å². The summed E-state index contributed by atoms with van der Waals surface area (Å²) in [5.74, 6) is -0.456. The number of piperidine rings is 1. The number of hydrogen-bond donors (Lipinski definition) is 1. The maximum Gasteiger partial charge on any atom is 0.374 e. The first-order valence-electron chi connectivity index (χ1n) is 6.21. The molecule has 1 aliphatic rings. The summed E-state index contributed by atoms with van der Waals surface area (Å²) in [6, 6.07) is 1.85. The van der Waals surface area contributed by atoms with Gasteiger partial charge in [0.1, 0.15) is 5.82 Å². The molecule has 0 atom stereocenters. The van der Waals surface area contributed by atoms with Crippen LogP contribution in [0.25, 0.3) is 0 Å². The standard InChI is InChI=1S/C13H19N3O2/c1-9-8-10(15-11(14-9)12(17)18)16-6-4-13(2,3)5-7-16/h8H,4-7H2,1-3H3,(H,17,18). The number of aryl methyl sites for hydroxylation is 1. The number of hydrogen-bond acceptors (Lipinski definition) is 4. The minimum absolute atomic E-state index is 0.116. The first kappa shape index (κ1) is 12.8. The fourth-order valence-corrected chi connectivity index (χ4v) is 2.15. The van der Waals surface area contributed by atoms with Crippen LogP contribution < -0.4 is 4.90 Å². The number of aromatic carboxylic acids is 1. The molecule has 0 unspecified atom stereocenters. The second-order valence-corrected chi connectivity index (χ2v) is 5.65. The Morgan fingerprint density at radius 3 is 2.50 bits per heavy atom. The van der Waals surface area contributed by atoms with E-state index in [9.17, 15) is 4.79 Å². The van der Waals surface area contributed by atoms with Crippen molar-refractivity contribution in [2.24, 2.45) is 5.41 Å². The molecule has 0 saturated carbocycles. The zero-order valence-electron chi connectivity index (χ0n) is 11.1. The van der Waals surface area contributed by atoms with E-state index in [4.69, 9.17) is 5.11 Å². The van der Waals surface area contributed by atoms with Crippen LogP contribution in [0.3, 0.4) is 0 Å². The predicted octanol–water partition coefficient (Wildman–Crippen LogP) is 2.11. The summed E-state index contributed by atoms with van der Waals surface area (Å²) in [7, 11) is 0. The summed E-state index contributed by atoms with van der Waals surface area (Å²) in [6.07, 6.45) is 2.19. The van der Waals surface area contributed by atoms with Gasteiger partial charge in [0.05, 0.1) is 0 Å². The molecule has 0 aliphatic carbocycles. The van der Waals surface area contributed by atoms with Crippen LogP contribution >= 0.6 is 0 Å². The summed E-state index contributed by atoms with van der Waals surface area (Å²) in [5, 5.41) is 8.97. The first-order chi connectivity index (χ1) is 8.37. The number of carboxylic acids is 1. The lowest BCUT2D eigenvalue weighted by molar-refractivity contribution is 0.0683. The highest BCUT2D eigenvalue weighted by Crippen LogP contribution is 2.31. The molecule has 0 spiro atoms. The number of carbonyl (C=O) groups is 1. The minimum atomic E-state index is -1.07. The van der Waals surface area contributed by atoms with E-state index in [-0.39, 0.29) is 5.82 Å². The third-order valence-electron chi connectivity index (χ3n) is 3.47. The van der Waals surface area contributed by atoms with E-state index in [1.54, 1.807) is 6.92 Å². The molecule has 0 amide bonds. The van der Waals surface area contributed by atoms with Gasteiger partial charge in [-0.2, -0.15) is 0 Å². The number of nitrogens with zero attached hydrogens (tertiary/aromatic N) is 3. The van der Waals surface area contributed by atoms with Gasteiger partial charge in [0.25, 0.3) is 0 Å². The van der Waals surface area contributed by atoms with Crippen molar-refractivity contribution in [3.8, 4) is 0 Å². The molecule has 2 heterocycles. The lowest BCUT2D eigenvalue weighted by Crippen LogP contribution is -2.38. The first-order valence-corrected chi connectivity index (χ1v) is 6.21. The molecule has 1 aromatic rings. The highest BCUT2D eigenvalue weighted by molar-refractivity contribution is 5.83. The van der Waals surface area contributed by atoms with Gasteiger partial charge < -0.3 is 10.0 Å². The van der Waals surface area contributed by atoms with Gasteiger partial charge in [-0.15, -0.1) is 0 Å². The largest absolute Gasteiger partial charge is 0.475 e. The average Bonchev–Trinajstić information content (AvgIpc) is 2.28. The molecule has 1 saturated heterocycles. The second-order valence-electron chi connectivity index (χ2n) is 5.65. The predicted molar refractivity (Wildman–Crippen MR) is 69.0 cm³/mol. The molecule has 0 bridgehead atoms. The fraction of sp³-hybridized carbons (Fsp3) is 0.615. The Balaban J connectivity index is 2.21. The number of carboxylic acid groups (broad SMARTS) is 1. The molecular formula is C13H19N3O2. The molecule has 5 heteroatoms. The molecule has 1 N–H and O–H groups in total. The molecule has 1 fully saturated rings. The van der Waals surface area contributed by atoms with Gasteiger partial charge in [0.15, 0.2) is 0 Å². The van der Waals surface area contributed by atoms with Gasteiger partial charge in [0, 0.05) is 24.8 Å². The van der Waals surface area contributed by atoms with E-state index in [0.29, 0.717) is 11.1 Å². The highest BCUT2D eigenvalue weighted by Gasteiger charge is 2.26. The Morgan fingerprint density at radius 1 is 1.33 bits per heavy atom. The van der Waals surface area contributed by atoms with Crippen LogP contribution in [0, 0.1) is 12.3 Å². The van der Waals surface area contributed by atoms with Crippen LogP contribution in [0.1, 0.15) is 43.0 Å². The van der Waals surface area contributed by atoms with Crippen molar-refractivity contribution < 1.29 is 9.90 Å². The normalized spacial score (nSPS) is 18.7. The van der Waals surface area contributed by atoms with E-state index in [2.05, 4.69) is 28.7 Å². The number of anilines is 1. The van der Waals surface area contributed by atoms with Crippen molar-refractivity contribution in [3.05, 3.63) is 17.6 Å². The third-order valence-corrected chi connectivity index (χ3v) is 3.47. The molecule has 5 nitrogen and oxygen atoms in total. The van der Waals surface area contributed by atoms with Crippen molar-refractivity contribution >= 4 is 11.8 Å². The molecule has 0 radical (unpaired) electrons. The van der Waals surface area contributed by atoms with Crippen molar-refractivity contribution in [2.45, 2.75) is 33.6 Å². The Kier molecular flexibility index (Phi) is 3.24. The molecule has 18 heavy (non-hydrogen) atoms. The SMILES string of the molecule is Cc1cc(N2CCC(C)(C)CC2)nc(C(=O)O)n1. The van der Waals surface area contributed by atoms with Crippen LogP contribution in [0.4, 0.5) is 5.82 Å². The topological polar surface area (TPSA) is 66.3 Å². The lowest BCUT2D eigenvalue weighted by atomic mass is 9.83. The van der Waals surface area contributed by atoms with Crippen molar-refractivity contribution in [2.75, 3.05) is 18.0 Å². The molecule has 2 rings (SSSR count). The third kappa shape index (κ3) is 2.78. The average molecular weight is 249 g/mol. The maximum atomic E-state index is 10.9. The summed E-state index contributed by atoms with van der Waals surface area (Å²) in [6.45, 7) is 8.16. The lowest BCUT2D eigenvalue weighted by Gasteiger charge is -2.37. The van der Waals surface area contributed by atoms with Crippen LogP contribution in [0.15, 0.2) is 6.07 Å². The summed E-state index contributed by atoms with van der Waals surface area (Å²) in [5.41, 5.74) is 1.07. The van der Waals surface area contributed by atoms with Gasteiger partial charge in [-0.1, -0.05) is 13.8 Å². The molecule has 0 aromatic carbocycles. The van der Waals surface area contributed by atoms with Gasteiger partial charge in [-0.05, 0) is 25.2 Å². The van der Waals surface area contributed by atoms with Crippen LogP contribution in [0.2, 0.25) is 0 Å². The van der Waals surface area contributed by atoms with E-state index in [0.717, 1.165) is 31.7 Å². The van der Waals surface area contributed by atoms with Crippen molar-refractivity contribution in [1.82, 2.24) is 9.97 Å². The molecule has 98 valence electrons. The van der Waals surface area contributed by atoms with Crippen LogP contribution in [-0.4, -0.2) is 34.1 Å². The number of rotatable bonds is 2. The molecule has 1 aliphatic heterocycles. The van der Waals surface area contributed by atoms with Gasteiger partial charge >= 0.3 is 5.97 Å². The van der Waals surface area contributed by atoms with Crippen molar-refractivity contribution in [1.29, 1.82) is 0 Å². The summed E-state index contributed by atoms with van der Waals surface area (Å²) >= 11 is 0. The smallest absolute Gasteiger partial charge is 0.374 e. The zero-order valence-corrected chi connectivity index (χ0v) is 11.1. The van der Waals surface area contributed by atoms with Crippen molar-refractivity contribution in [3.63, 3.8) is 0 Å². The Hall–Kier alpha value is -1.65. The van der Waals surface area contributed by atoms with Crippen LogP contribution in [-0.2, 0) is 0 Å². The Morgan fingerprint density at radius 2 is 1.94 bits per heavy atom. The Labute approximate surface area is 107 Å². The molecular weight excluding hydrogens is 230 g/mol. The minimum Gasteiger partial charge on any atom is -0.475 e. The monoisotopic (exact) mass is 249 g/mol. The zero-order chi connectivity index (χ0) is 13.3.